The van der Waals surface area contributed by atoms with Crippen molar-refractivity contribution < 1.29 is 0 Å². The van der Waals surface area contributed by atoms with Gasteiger partial charge in [-0.2, -0.15) is 5.26 Å². The Balaban J connectivity index is 1.89. The van der Waals surface area contributed by atoms with Gasteiger partial charge in [-0.1, -0.05) is 6.07 Å². The molecular formula is C13H14N2S2. The zero-order valence-corrected chi connectivity index (χ0v) is 11.3. The molecular weight excluding hydrogens is 248 g/mol. The quantitative estimate of drug-likeness (QED) is 0.891. The molecule has 0 fully saturated rings. The number of thiophene rings is 2. The summed E-state index contributed by atoms with van der Waals surface area (Å²) in [4.78, 5) is 2.64. The van der Waals surface area contributed by atoms with Crippen molar-refractivity contribution in [3.05, 3.63) is 33.8 Å². The minimum absolute atomic E-state index is 0.0757. The molecule has 1 N–H and O–H groups in total. The predicted molar refractivity (Wildman–Crippen MR) is 74.1 cm³/mol. The van der Waals surface area contributed by atoms with Crippen LogP contribution >= 0.6 is 22.7 Å². The normalized spacial score (nSPS) is 12.2. The summed E-state index contributed by atoms with van der Waals surface area (Å²) in [7, 11) is 0. The number of nitriles is 1. The van der Waals surface area contributed by atoms with Gasteiger partial charge >= 0.3 is 0 Å². The average Bonchev–Trinajstić information content (AvgIpc) is 2.98. The molecule has 4 heteroatoms. The van der Waals surface area contributed by atoms with Crippen LogP contribution in [0, 0.1) is 17.2 Å². The van der Waals surface area contributed by atoms with Crippen LogP contribution in [0.15, 0.2) is 29.0 Å². The first-order chi connectivity index (χ1) is 8.29. The Morgan fingerprint density at radius 2 is 2.35 bits per heavy atom. The van der Waals surface area contributed by atoms with Gasteiger partial charge in [0.2, 0.25) is 0 Å². The third kappa shape index (κ3) is 3.40. The van der Waals surface area contributed by atoms with Gasteiger partial charge in [-0.05, 0) is 29.8 Å². The van der Waals surface area contributed by atoms with E-state index < -0.39 is 0 Å². The summed E-state index contributed by atoms with van der Waals surface area (Å²) < 4.78 is 0. The van der Waals surface area contributed by atoms with Gasteiger partial charge in [0.25, 0.3) is 0 Å². The standard InChI is InChI=1S/C13H14N2S2/c1-10(6-14)7-15-8-12-5-11(9-17-12)13-3-2-4-16-13/h2-5,9-10,15H,7-8H2,1H3. The van der Waals surface area contributed by atoms with Crippen molar-refractivity contribution in [3.63, 3.8) is 0 Å². The molecule has 0 saturated heterocycles. The second-order valence-corrected chi connectivity index (χ2v) is 5.88. The molecule has 1 atom stereocenters. The largest absolute Gasteiger partial charge is 0.311 e. The number of nitrogens with zero attached hydrogens (tertiary/aromatic N) is 1. The number of nitrogens with one attached hydrogen (secondary N) is 1. The van der Waals surface area contributed by atoms with Crippen molar-refractivity contribution >= 4 is 22.7 Å². The summed E-state index contributed by atoms with van der Waals surface area (Å²) in [6, 6.07) is 8.66. The fraction of sp³-hybridized carbons (Fsp3) is 0.308. The summed E-state index contributed by atoms with van der Waals surface area (Å²) in [5, 5.41) is 16.3. The zero-order valence-electron chi connectivity index (χ0n) is 9.64. The van der Waals surface area contributed by atoms with E-state index in [0.29, 0.717) is 0 Å². The van der Waals surface area contributed by atoms with E-state index in [1.165, 1.54) is 15.3 Å². The molecule has 0 bridgehead atoms. The Kier molecular flexibility index (Phi) is 4.32. The van der Waals surface area contributed by atoms with Gasteiger partial charge in [-0.15, -0.1) is 22.7 Å². The fourth-order valence-corrected chi connectivity index (χ4v) is 3.15. The molecule has 0 radical (unpaired) electrons. The molecule has 0 amide bonds. The van der Waals surface area contributed by atoms with Gasteiger partial charge in [0.15, 0.2) is 0 Å². The summed E-state index contributed by atoms with van der Waals surface area (Å²) in [6.07, 6.45) is 0. The lowest BCUT2D eigenvalue weighted by Crippen LogP contribution is -2.19. The van der Waals surface area contributed by atoms with Crippen LogP contribution in [0.2, 0.25) is 0 Å². The van der Waals surface area contributed by atoms with Crippen molar-refractivity contribution in [2.24, 2.45) is 5.92 Å². The Morgan fingerprint density at radius 3 is 3.06 bits per heavy atom. The maximum Gasteiger partial charge on any atom is 0.0666 e. The Labute approximate surface area is 110 Å². The highest BCUT2D eigenvalue weighted by atomic mass is 32.1. The third-order valence-electron chi connectivity index (χ3n) is 2.43. The fourth-order valence-electron chi connectivity index (χ4n) is 1.50. The Hall–Kier alpha value is -1.15. The van der Waals surface area contributed by atoms with Crippen LogP contribution in [0.4, 0.5) is 0 Å². The molecule has 2 aromatic heterocycles. The molecule has 2 aromatic rings. The molecule has 0 aliphatic carbocycles. The monoisotopic (exact) mass is 262 g/mol. The molecule has 0 saturated carbocycles. The second-order valence-electron chi connectivity index (χ2n) is 3.94. The van der Waals surface area contributed by atoms with E-state index in [9.17, 15) is 0 Å². The van der Waals surface area contributed by atoms with Crippen LogP contribution < -0.4 is 5.32 Å². The van der Waals surface area contributed by atoms with Crippen molar-refractivity contribution in [3.8, 4) is 16.5 Å². The molecule has 2 heterocycles. The first-order valence-electron chi connectivity index (χ1n) is 5.51. The molecule has 0 spiro atoms. The average molecular weight is 262 g/mol. The molecule has 0 aliphatic rings. The van der Waals surface area contributed by atoms with Gasteiger partial charge in [-0.25, -0.2) is 0 Å². The highest BCUT2D eigenvalue weighted by molar-refractivity contribution is 7.14. The van der Waals surface area contributed by atoms with E-state index in [4.69, 9.17) is 5.26 Å². The number of rotatable bonds is 5. The summed E-state index contributed by atoms with van der Waals surface area (Å²) >= 11 is 3.53. The SMILES string of the molecule is CC(C#N)CNCc1cc(-c2cccs2)cs1. The van der Waals surface area contributed by atoms with E-state index in [-0.39, 0.29) is 5.92 Å². The predicted octanol–water partition coefficient (Wildman–Crippen LogP) is 3.73. The van der Waals surface area contributed by atoms with Crippen LogP contribution in [0.3, 0.4) is 0 Å². The van der Waals surface area contributed by atoms with E-state index >= 15 is 0 Å². The molecule has 1 unspecified atom stereocenters. The Bertz CT molecular complexity index is 494. The first kappa shape index (κ1) is 12.3. The van der Waals surface area contributed by atoms with Gasteiger partial charge < -0.3 is 5.32 Å². The van der Waals surface area contributed by atoms with Gasteiger partial charge in [0, 0.05) is 28.4 Å². The molecule has 17 heavy (non-hydrogen) atoms. The van der Waals surface area contributed by atoms with Crippen molar-refractivity contribution in [1.82, 2.24) is 5.32 Å². The van der Waals surface area contributed by atoms with E-state index in [0.717, 1.165) is 13.1 Å². The molecule has 2 nitrogen and oxygen atoms in total. The molecule has 0 aromatic carbocycles. The van der Waals surface area contributed by atoms with Gasteiger partial charge in [-0.3, -0.25) is 0 Å². The lowest BCUT2D eigenvalue weighted by molar-refractivity contribution is 0.605. The highest BCUT2D eigenvalue weighted by Gasteiger charge is 2.04. The minimum Gasteiger partial charge on any atom is -0.311 e. The van der Waals surface area contributed by atoms with Crippen LogP contribution in [-0.4, -0.2) is 6.54 Å². The zero-order chi connectivity index (χ0) is 12.1. The van der Waals surface area contributed by atoms with Crippen LogP contribution in [0.1, 0.15) is 11.8 Å². The smallest absolute Gasteiger partial charge is 0.0666 e. The van der Waals surface area contributed by atoms with Gasteiger partial charge in [0.1, 0.15) is 0 Å². The molecule has 0 aliphatic heterocycles. The topological polar surface area (TPSA) is 35.8 Å². The number of hydrogen-bond acceptors (Lipinski definition) is 4. The first-order valence-corrected chi connectivity index (χ1v) is 7.27. The lowest BCUT2D eigenvalue weighted by Gasteiger charge is -2.03. The van der Waals surface area contributed by atoms with E-state index in [2.05, 4.69) is 40.3 Å². The molecule has 88 valence electrons. The Morgan fingerprint density at radius 1 is 1.47 bits per heavy atom. The number of hydrogen-bond donors (Lipinski definition) is 1. The van der Waals surface area contributed by atoms with Crippen LogP contribution in [0.5, 0.6) is 0 Å². The minimum atomic E-state index is 0.0757. The van der Waals surface area contributed by atoms with Crippen LogP contribution in [0.25, 0.3) is 10.4 Å². The van der Waals surface area contributed by atoms with Gasteiger partial charge in [0.05, 0.1) is 12.0 Å². The van der Waals surface area contributed by atoms with Crippen molar-refractivity contribution in [2.45, 2.75) is 13.5 Å². The second kappa shape index (κ2) is 5.97. The van der Waals surface area contributed by atoms with Crippen molar-refractivity contribution in [2.75, 3.05) is 6.54 Å². The third-order valence-corrected chi connectivity index (χ3v) is 4.29. The maximum absolute atomic E-state index is 8.68. The van der Waals surface area contributed by atoms with E-state index in [1.54, 1.807) is 22.7 Å². The summed E-state index contributed by atoms with van der Waals surface area (Å²) in [6.45, 7) is 3.53. The maximum atomic E-state index is 8.68. The lowest BCUT2D eigenvalue weighted by atomic mass is 10.2. The van der Waals surface area contributed by atoms with Crippen LogP contribution in [-0.2, 0) is 6.54 Å². The summed E-state index contributed by atoms with van der Waals surface area (Å²) in [5.74, 6) is 0.0757. The highest BCUT2D eigenvalue weighted by Crippen LogP contribution is 2.29. The van der Waals surface area contributed by atoms with Crippen molar-refractivity contribution in [1.29, 1.82) is 5.26 Å². The summed E-state index contributed by atoms with van der Waals surface area (Å²) in [5.41, 5.74) is 1.30. The van der Waals surface area contributed by atoms with E-state index in [1.807, 2.05) is 6.92 Å². The molecule has 2 rings (SSSR count).